The third-order valence-corrected chi connectivity index (χ3v) is 11.4. The van der Waals surface area contributed by atoms with Crippen LogP contribution in [-0.2, 0) is 26.0 Å². The summed E-state index contributed by atoms with van der Waals surface area (Å²) >= 11 is 0. The first-order chi connectivity index (χ1) is 21.0. The lowest BCUT2D eigenvalue weighted by molar-refractivity contribution is -0.122. The summed E-state index contributed by atoms with van der Waals surface area (Å²) in [6.07, 6.45) is 1.70. The smallest absolute Gasteiger partial charge is 0.407 e. The zero-order chi connectivity index (χ0) is 31.6. The van der Waals surface area contributed by atoms with E-state index in [1.165, 1.54) is 35.6 Å². The fourth-order valence-electron chi connectivity index (χ4n) is 6.88. The first-order valence-electron chi connectivity index (χ1n) is 15.0. The van der Waals surface area contributed by atoms with Crippen LogP contribution in [0.4, 0.5) is 19.3 Å². The number of hydrogen-bond acceptors (Lipinski definition) is 6. The van der Waals surface area contributed by atoms with E-state index in [-0.39, 0.29) is 47.5 Å². The molecule has 1 unspecified atom stereocenters. The van der Waals surface area contributed by atoms with Gasteiger partial charge < -0.3 is 20.5 Å². The summed E-state index contributed by atoms with van der Waals surface area (Å²) in [5, 5.41) is 16.2. The van der Waals surface area contributed by atoms with E-state index in [0.717, 1.165) is 11.3 Å². The van der Waals surface area contributed by atoms with E-state index < -0.39 is 45.6 Å². The Morgan fingerprint density at radius 1 is 1.18 bits per heavy atom. The molecule has 3 N–H and O–H groups in total. The van der Waals surface area contributed by atoms with Crippen LogP contribution in [0, 0.1) is 17.6 Å². The van der Waals surface area contributed by atoms with Gasteiger partial charge in [-0.1, -0.05) is 18.2 Å². The number of likely N-dealkylation sites (N-methyl/N-ethyl adjacent to an activating group) is 1. The second-order valence-corrected chi connectivity index (χ2v) is 14.1. The highest BCUT2D eigenvalue weighted by Gasteiger charge is 2.45. The van der Waals surface area contributed by atoms with E-state index >= 15 is 4.39 Å². The summed E-state index contributed by atoms with van der Waals surface area (Å²) in [6.45, 7) is 0.835. The van der Waals surface area contributed by atoms with Crippen molar-refractivity contribution < 1.29 is 36.6 Å². The SMILES string of the molecule is COC1CC([C@H](c2ccc(F)cc2)[C@@H](C(=O)Nc2cccc(F)c2CC[C@H]2CN[C@@H]3CCCS(=O)(=O)N2C3)N(C)C(=O)O)C1. The normalized spacial score (nSPS) is 27.3. The fraction of sp³-hybridized carbons (Fsp3) is 0.548. The van der Waals surface area contributed by atoms with Gasteiger partial charge in [0.2, 0.25) is 15.9 Å². The van der Waals surface area contributed by atoms with E-state index in [1.807, 2.05) is 0 Å². The number of nitrogens with zero attached hydrogens (tertiary/aromatic N) is 2. The van der Waals surface area contributed by atoms with Crippen LogP contribution in [0.2, 0.25) is 0 Å². The minimum Gasteiger partial charge on any atom is -0.465 e. The van der Waals surface area contributed by atoms with Crippen molar-refractivity contribution in [3.8, 4) is 0 Å². The Hall–Kier alpha value is -3.13. The average Bonchev–Trinajstić information content (AvgIpc) is 3.07. The Morgan fingerprint density at radius 2 is 1.91 bits per heavy atom. The van der Waals surface area contributed by atoms with Crippen molar-refractivity contribution in [1.82, 2.24) is 14.5 Å². The van der Waals surface area contributed by atoms with Crippen molar-refractivity contribution in [3.05, 3.63) is 65.2 Å². The number of carbonyl (C=O) groups excluding carboxylic acids is 1. The van der Waals surface area contributed by atoms with Crippen molar-refractivity contribution in [2.24, 2.45) is 5.92 Å². The summed E-state index contributed by atoms with van der Waals surface area (Å²) in [4.78, 5) is 27.2. The number of anilines is 1. The number of sulfonamides is 1. The van der Waals surface area contributed by atoms with Crippen LogP contribution in [0.1, 0.15) is 49.1 Å². The predicted molar refractivity (Wildman–Crippen MR) is 161 cm³/mol. The highest BCUT2D eigenvalue weighted by molar-refractivity contribution is 7.89. The molecule has 3 aliphatic rings. The molecule has 5 rings (SSSR count). The highest BCUT2D eigenvalue weighted by Crippen LogP contribution is 2.44. The van der Waals surface area contributed by atoms with Crippen LogP contribution >= 0.6 is 0 Å². The van der Waals surface area contributed by atoms with Gasteiger partial charge in [-0.2, -0.15) is 4.31 Å². The van der Waals surface area contributed by atoms with Crippen LogP contribution in [0.25, 0.3) is 0 Å². The van der Waals surface area contributed by atoms with Crippen molar-refractivity contribution in [2.45, 2.75) is 68.7 Å². The molecule has 0 aromatic heterocycles. The lowest BCUT2D eigenvalue weighted by atomic mass is 9.68. The largest absolute Gasteiger partial charge is 0.465 e. The molecular weight excluding hydrogens is 594 g/mol. The van der Waals surface area contributed by atoms with Gasteiger partial charge in [0.15, 0.2) is 0 Å². The Morgan fingerprint density at radius 3 is 2.59 bits per heavy atom. The lowest BCUT2D eigenvalue weighted by Crippen LogP contribution is -2.57. The number of amides is 2. The van der Waals surface area contributed by atoms with Crippen molar-refractivity contribution in [3.63, 3.8) is 0 Å². The molecule has 3 fully saturated rings. The van der Waals surface area contributed by atoms with E-state index in [1.54, 1.807) is 25.3 Å². The van der Waals surface area contributed by atoms with Gasteiger partial charge in [0.1, 0.15) is 17.7 Å². The van der Waals surface area contributed by atoms with Crippen LogP contribution in [0.15, 0.2) is 42.5 Å². The first kappa shape index (κ1) is 32.3. The number of ether oxygens (including phenoxy) is 1. The zero-order valence-electron chi connectivity index (χ0n) is 24.9. The summed E-state index contributed by atoms with van der Waals surface area (Å²) < 4.78 is 61.9. The molecule has 2 saturated heterocycles. The molecule has 44 heavy (non-hydrogen) atoms. The number of nitrogens with one attached hydrogen (secondary N) is 2. The minimum absolute atomic E-state index is 0.0332. The molecule has 2 aromatic rings. The van der Waals surface area contributed by atoms with Gasteiger partial charge in [-0.3, -0.25) is 9.69 Å². The second kappa shape index (κ2) is 13.5. The van der Waals surface area contributed by atoms with Crippen LogP contribution < -0.4 is 10.6 Å². The molecule has 240 valence electrons. The fourth-order valence-corrected chi connectivity index (χ4v) is 8.69. The third kappa shape index (κ3) is 6.90. The van der Waals surface area contributed by atoms with Crippen molar-refractivity contribution in [1.29, 1.82) is 0 Å². The maximum Gasteiger partial charge on any atom is 0.407 e. The molecular formula is C31H40F2N4O6S. The number of carboxylic acid groups (broad SMARTS) is 1. The molecule has 2 heterocycles. The maximum absolute atomic E-state index is 15.3. The standard InChI is InChI=1S/C31H40F2N4O6S/c1-36(31(39)40)29(28(20-15-24(16-20)43-2)19-8-10-21(32)11-9-19)30(38)35-27-7-3-6-26(33)25(27)13-12-23-17-34-22-5-4-14-44(41,42)37(23)18-22/h3,6-11,20,22-24,28-29,34H,4-5,12-18H2,1-2H3,(H,35,38)(H,39,40)/t20?,22-,23+,24?,28+,29+/m1/s1. The van der Waals surface area contributed by atoms with Gasteiger partial charge in [0.25, 0.3) is 0 Å². The summed E-state index contributed by atoms with van der Waals surface area (Å²) in [7, 11) is -0.520. The zero-order valence-corrected chi connectivity index (χ0v) is 25.7. The molecule has 1 saturated carbocycles. The molecule has 2 bridgehead atoms. The number of fused-ring (bicyclic) bond motifs is 2. The summed E-state index contributed by atoms with van der Waals surface area (Å²) in [5.41, 5.74) is 1.02. The van der Waals surface area contributed by atoms with Gasteiger partial charge >= 0.3 is 6.09 Å². The van der Waals surface area contributed by atoms with Crippen LogP contribution in [-0.4, -0.2) is 92.0 Å². The van der Waals surface area contributed by atoms with Crippen molar-refractivity contribution in [2.75, 3.05) is 38.3 Å². The van der Waals surface area contributed by atoms with E-state index in [4.69, 9.17) is 4.74 Å². The maximum atomic E-state index is 15.3. The van der Waals surface area contributed by atoms with E-state index in [2.05, 4.69) is 10.6 Å². The van der Waals surface area contributed by atoms with Gasteiger partial charge in [0, 0.05) is 56.5 Å². The number of carbonyl (C=O) groups is 2. The molecule has 2 amide bonds. The lowest BCUT2D eigenvalue weighted by Gasteiger charge is -2.44. The predicted octanol–water partition coefficient (Wildman–Crippen LogP) is 3.79. The number of methoxy groups -OCH3 is 1. The van der Waals surface area contributed by atoms with Crippen LogP contribution in [0.3, 0.4) is 0 Å². The van der Waals surface area contributed by atoms with Gasteiger partial charge in [0.05, 0.1) is 11.9 Å². The van der Waals surface area contributed by atoms with Gasteiger partial charge in [-0.05, 0) is 74.3 Å². The molecule has 2 aromatic carbocycles. The minimum atomic E-state index is -3.43. The Bertz CT molecular complexity index is 1450. The number of hydrogen-bond donors (Lipinski definition) is 3. The molecule has 0 spiro atoms. The van der Waals surface area contributed by atoms with Crippen LogP contribution in [0.5, 0.6) is 0 Å². The van der Waals surface area contributed by atoms with Crippen molar-refractivity contribution >= 4 is 27.7 Å². The molecule has 13 heteroatoms. The molecule has 5 atom stereocenters. The Labute approximate surface area is 256 Å². The van der Waals surface area contributed by atoms with E-state index in [0.29, 0.717) is 44.3 Å². The molecule has 2 aliphatic heterocycles. The Balaban J connectivity index is 1.40. The third-order valence-electron chi connectivity index (χ3n) is 9.42. The topological polar surface area (TPSA) is 128 Å². The molecule has 1 aliphatic carbocycles. The number of halogens is 2. The summed E-state index contributed by atoms with van der Waals surface area (Å²) in [5.74, 6) is -2.30. The van der Waals surface area contributed by atoms with E-state index in [9.17, 15) is 27.5 Å². The number of piperazine rings is 1. The number of rotatable bonds is 10. The van der Waals surface area contributed by atoms with Gasteiger partial charge in [-0.15, -0.1) is 0 Å². The summed E-state index contributed by atoms with van der Waals surface area (Å²) in [6, 6.07) is 8.50. The second-order valence-electron chi connectivity index (χ2n) is 12.1. The highest BCUT2D eigenvalue weighted by atomic mass is 32.2. The van der Waals surface area contributed by atoms with Gasteiger partial charge in [-0.25, -0.2) is 22.0 Å². The monoisotopic (exact) mass is 634 g/mol. The first-order valence-corrected chi connectivity index (χ1v) is 16.6. The average molecular weight is 635 g/mol. The molecule has 10 nitrogen and oxygen atoms in total. The number of benzene rings is 2. The molecule has 0 radical (unpaired) electrons. The Kier molecular flexibility index (Phi) is 9.88. The quantitative estimate of drug-likeness (QED) is 0.363.